The third kappa shape index (κ3) is 4.41. The molecule has 0 aliphatic carbocycles. The van der Waals surface area contributed by atoms with Crippen molar-refractivity contribution in [1.29, 1.82) is 0 Å². The van der Waals surface area contributed by atoms with Crippen molar-refractivity contribution < 1.29 is 0 Å². The van der Waals surface area contributed by atoms with Gasteiger partial charge in [0.25, 0.3) is 0 Å². The number of anilines is 4. The molecule has 0 saturated carbocycles. The topological polar surface area (TPSA) is 69.5 Å². The van der Waals surface area contributed by atoms with Crippen LogP contribution in [0.4, 0.5) is 23.0 Å². The number of nitrogens with two attached hydrogens (primary N) is 1. The number of nitrogen functional groups attached to an aromatic ring is 1. The number of rotatable bonds is 4. The van der Waals surface area contributed by atoms with Crippen molar-refractivity contribution >= 4 is 23.0 Å². The van der Waals surface area contributed by atoms with E-state index in [0.717, 1.165) is 36.1 Å². The lowest BCUT2D eigenvalue weighted by Gasteiger charge is -2.39. The van der Waals surface area contributed by atoms with Crippen molar-refractivity contribution in [3.8, 4) is 0 Å². The van der Waals surface area contributed by atoms with E-state index in [0.29, 0.717) is 6.04 Å². The molecule has 1 aromatic heterocycles. The van der Waals surface area contributed by atoms with Gasteiger partial charge >= 0.3 is 0 Å². The fraction of sp³-hybridized carbons (Fsp3) is 0.706. The fourth-order valence-electron chi connectivity index (χ4n) is 3.14. The van der Waals surface area contributed by atoms with Crippen LogP contribution < -0.4 is 26.2 Å². The molecule has 2 rings (SSSR count). The summed E-state index contributed by atoms with van der Waals surface area (Å²) in [5.74, 6) is 1.67. The molecule has 0 aromatic carbocycles. The molecule has 0 radical (unpaired) electrons. The zero-order valence-electron chi connectivity index (χ0n) is 15.4. The second kappa shape index (κ2) is 6.83. The van der Waals surface area contributed by atoms with Crippen LogP contribution in [0.3, 0.4) is 0 Å². The lowest BCUT2D eigenvalue weighted by Crippen LogP contribution is -2.52. The van der Waals surface area contributed by atoms with Gasteiger partial charge in [0.2, 0.25) is 0 Å². The lowest BCUT2D eigenvalue weighted by atomic mass is 10.00. The average Bonchev–Trinajstić information content (AvgIpc) is 2.45. The number of hydrogen-bond acceptors (Lipinski definition) is 6. The maximum atomic E-state index is 6.36. The third-order valence-corrected chi connectivity index (χ3v) is 4.12. The van der Waals surface area contributed by atoms with E-state index in [1.807, 2.05) is 26.0 Å². The first-order valence-corrected chi connectivity index (χ1v) is 8.39. The molecule has 1 aliphatic rings. The molecule has 0 amide bonds. The maximum Gasteiger partial charge on any atom is 0.153 e. The summed E-state index contributed by atoms with van der Waals surface area (Å²) in [4.78, 5) is 8.97. The van der Waals surface area contributed by atoms with Crippen LogP contribution in [-0.2, 0) is 0 Å². The fourth-order valence-corrected chi connectivity index (χ4v) is 3.14. The van der Waals surface area contributed by atoms with Gasteiger partial charge in [-0.1, -0.05) is 0 Å². The minimum absolute atomic E-state index is 0.127. The summed E-state index contributed by atoms with van der Waals surface area (Å²) in [6.07, 6.45) is 2.37. The summed E-state index contributed by atoms with van der Waals surface area (Å²) in [7, 11) is 5.87. The second-order valence-corrected chi connectivity index (χ2v) is 7.59. The number of pyridine rings is 1. The second-order valence-electron chi connectivity index (χ2n) is 7.59. The Bertz CT molecular complexity index is 535. The van der Waals surface area contributed by atoms with E-state index in [1.54, 1.807) is 0 Å². The predicted molar refractivity (Wildman–Crippen MR) is 101 cm³/mol. The highest BCUT2D eigenvalue weighted by atomic mass is 15.2. The van der Waals surface area contributed by atoms with Gasteiger partial charge in [-0.15, -0.1) is 0 Å². The van der Waals surface area contributed by atoms with E-state index in [-0.39, 0.29) is 5.54 Å². The molecule has 0 bridgehead atoms. The van der Waals surface area contributed by atoms with Gasteiger partial charge in [-0.3, -0.25) is 0 Å². The molecule has 23 heavy (non-hydrogen) atoms. The monoisotopic (exact) mass is 320 g/mol. The summed E-state index contributed by atoms with van der Waals surface area (Å²) >= 11 is 0. The molecule has 1 atom stereocenters. The summed E-state index contributed by atoms with van der Waals surface area (Å²) < 4.78 is 0. The molecular formula is C17H32N6. The molecule has 6 nitrogen and oxygen atoms in total. The van der Waals surface area contributed by atoms with Crippen LogP contribution >= 0.6 is 0 Å². The molecular weight excluding hydrogens is 288 g/mol. The van der Waals surface area contributed by atoms with Gasteiger partial charge in [0.1, 0.15) is 5.82 Å². The zero-order valence-corrected chi connectivity index (χ0v) is 15.4. The Morgan fingerprint density at radius 1 is 1.35 bits per heavy atom. The number of piperidine rings is 1. The molecule has 130 valence electrons. The summed E-state index contributed by atoms with van der Waals surface area (Å²) in [6, 6.07) is 2.58. The number of hydrogen-bond donors (Lipinski definition) is 3. The number of aromatic nitrogens is 1. The van der Waals surface area contributed by atoms with Gasteiger partial charge in [0, 0.05) is 51.9 Å². The number of nitrogens with zero attached hydrogens (tertiary/aromatic N) is 3. The highest BCUT2D eigenvalue weighted by molar-refractivity contribution is 5.81. The molecule has 6 heteroatoms. The van der Waals surface area contributed by atoms with E-state index < -0.39 is 0 Å². The summed E-state index contributed by atoms with van der Waals surface area (Å²) in [5.41, 5.74) is 8.30. The van der Waals surface area contributed by atoms with Gasteiger partial charge in [0.05, 0.1) is 11.4 Å². The minimum Gasteiger partial charge on any atom is -0.394 e. The van der Waals surface area contributed by atoms with Crippen LogP contribution in [0.1, 0.15) is 33.6 Å². The van der Waals surface area contributed by atoms with Crippen LogP contribution in [0.5, 0.6) is 0 Å². The van der Waals surface area contributed by atoms with Gasteiger partial charge in [-0.05, 0) is 33.6 Å². The van der Waals surface area contributed by atoms with Crippen molar-refractivity contribution in [2.75, 3.05) is 55.1 Å². The normalized spacial score (nSPS) is 18.9. The van der Waals surface area contributed by atoms with E-state index in [2.05, 4.69) is 47.4 Å². The quantitative estimate of drug-likeness (QED) is 0.789. The van der Waals surface area contributed by atoms with E-state index >= 15 is 0 Å². The van der Waals surface area contributed by atoms with Gasteiger partial charge < -0.3 is 26.2 Å². The van der Waals surface area contributed by atoms with E-state index in [4.69, 9.17) is 5.73 Å². The van der Waals surface area contributed by atoms with Gasteiger partial charge in [0.15, 0.2) is 5.82 Å². The lowest BCUT2D eigenvalue weighted by molar-refractivity contribution is 0.323. The zero-order chi connectivity index (χ0) is 17.2. The van der Waals surface area contributed by atoms with Crippen molar-refractivity contribution in [3.05, 3.63) is 6.07 Å². The van der Waals surface area contributed by atoms with Crippen LogP contribution in [-0.4, -0.2) is 50.8 Å². The highest BCUT2D eigenvalue weighted by Crippen LogP contribution is 2.34. The third-order valence-electron chi connectivity index (χ3n) is 4.12. The molecule has 0 spiro atoms. The van der Waals surface area contributed by atoms with Crippen LogP contribution in [0.15, 0.2) is 6.07 Å². The average molecular weight is 320 g/mol. The Morgan fingerprint density at radius 3 is 2.61 bits per heavy atom. The van der Waals surface area contributed by atoms with Gasteiger partial charge in [-0.25, -0.2) is 4.98 Å². The molecule has 1 aliphatic heterocycles. The minimum atomic E-state index is 0.127. The van der Waals surface area contributed by atoms with E-state index in [9.17, 15) is 0 Å². The molecule has 1 fully saturated rings. The van der Waals surface area contributed by atoms with E-state index in [1.165, 1.54) is 12.8 Å². The standard InChI is InChI=1S/C17H32N6/c1-17(2,3)21-12-8-7-9-23(11-12)13-10-14(22(5)6)20-16(19-4)15(13)18/h10,12,21H,7-9,11,18H2,1-6H3,(H,19,20). The van der Waals surface area contributed by atoms with Gasteiger partial charge in [-0.2, -0.15) is 0 Å². The molecule has 1 saturated heterocycles. The molecule has 1 unspecified atom stereocenters. The van der Waals surface area contributed by atoms with Crippen molar-refractivity contribution in [3.63, 3.8) is 0 Å². The SMILES string of the molecule is CNc1nc(N(C)C)cc(N2CCCC(NC(C)(C)C)C2)c1N. The van der Waals surface area contributed by atoms with Crippen molar-refractivity contribution in [1.82, 2.24) is 10.3 Å². The first-order chi connectivity index (χ1) is 10.7. The predicted octanol–water partition coefficient (Wildman–Crippen LogP) is 2.13. The Labute approximate surface area is 140 Å². The Balaban J connectivity index is 2.27. The molecule has 4 N–H and O–H groups in total. The van der Waals surface area contributed by atoms with Crippen molar-refractivity contribution in [2.24, 2.45) is 0 Å². The Kier molecular flexibility index (Phi) is 5.24. The smallest absolute Gasteiger partial charge is 0.153 e. The van der Waals surface area contributed by atoms with Crippen LogP contribution in [0, 0.1) is 0 Å². The number of nitrogens with one attached hydrogen (secondary N) is 2. The van der Waals surface area contributed by atoms with Crippen molar-refractivity contribution in [2.45, 2.75) is 45.2 Å². The summed E-state index contributed by atoms with van der Waals surface area (Å²) in [5, 5.41) is 6.83. The first kappa shape index (κ1) is 17.7. The largest absolute Gasteiger partial charge is 0.394 e. The first-order valence-electron chi connectivity index (χ1n) is 8.39. The molecule has 2 heterocycles. The van der Waals surface area contributed by atoms with Crippen LogP contribution in [0.25, 0.3) is 0 Å². The highest BCUT2D eigenvalue weighted by Gasteiger charge is 2.26. The Morgan fingerprint density at radius 2 is 2.04 bits per heavy atom. The Hall–Kier alpha value is -1.69. The maximum absolute atomic E-state index is 6.36. The van der Waals surface area contributed by atoms with Crippen LogP contribution in [0.2, 0.25) is 0 Å². The summed E-state index contributed by atoms with van der Waals surface area (Å²) in [6.45, 7) is 8.66. The molecule has 1 aromatic rings.